The van der Waals surface area contributed by atoms with Crippen LogP contribution in [0.4, 0.5) is 0 Å². The molecule has 4 heteroatoms. The van der Waals surface area contributed by atoms with Crippen molar-refractivity contribution in [1.82, 2.24) is 5.32 Å². The summed E-state index contributed by atoms with van der Waals surface area (Å²) in [4.78, 5) is 15.8. The standard InChI is InChI=1S/C18H18N2O2/c1-2-22-18(21)16-9-5-14(6-10-16)13-3-7-15(8-4-13)17-11-19-12-20-17/h3-10,12,17H,2,11H2,1H3,(H,19,20). The number of benzene rings is 2. The van der Waals surface area contributed by atoms with Crippen LogP contribution in [0, 0.1) is 0 Å². The molecule has 1 heterocycles. The van der Waals surface area contributed by atoms with Gasteiger partial charge in [0.2, 0.25) is 0 Å². The van der Waals surface area contributed by atoms with Crippen LogP contribution in [-0.4, -0.2) is 25.5 Å². The molecule has 1 N–H and O–H groups in total. The van der Waals surface area contributed by atoms with Crippen LogP contribution in [0.5, 0.6) is 0 Å². The van der Waals surface area contributed by atoms with E-state index in [0.29, 0.717) is 12.2 Å². The molecule has 4 nitrogen and oxygen atoms in total. The third-order valence-corrected chi connectivity index (χ3v) is 3.70. The Labute approximate surface area is 129 Å². The monoisotopic (exact) mass is 294 g/mol. The van der Waals surface area contributed by atoms with E-state index in [-0.39, 0.29) is 12.0 Å². The first-order chi connectivity index (χ1) is 10.8. The van der Waals surface area contributed by atoms with E-state index in [0.717, 1.165) is 17.7 Å². The largest absolute Gasteiger partial charge is 0.462 e. The Morgan fingerprint density at radius 1 is 1.14 bits per heavy atom. The van der Waals surface area contributed by atoms with E-state index in [1.165, 1.54) is 5.56 Å². The van der Waals surface area contributed by atoms with E-state index in [1.807, 2.05) is 12.1 Å². The highest BCUT2D eigenvalue weighted by molar-refractivity contribution is 5.90. The average molecular weight is 294 g/mol. The number of esters is 1. The molecule has 2 aromatic rings. The number of aliphatic imine (C=N–C) groups is 1. The van der Waals surface area contributed by atoms with Gasteiger partial charge >= 0.3 is 5.97 Å². The van der Waals surface area contributed by atoms with Gasteiger partial charge in [-0.1, -0.05) is 36.4 Å². The highest BCUT2D eigenvalue weighted by Gasteiger charge is 2.12. The van der Waals surface area contributed by atoms with Crippen LogP contribution in [0.2, 0.25) is 0 Å². The van der Waals surface area contributed by atoms with Gasteiger partial charge in [-0.15, -0.1) is 0 Å². The fraction of sp³-hybridized carbons (Fsp3) is 0.222. The van der Waals surface area contributed by atoms with Crippen molar-refractivity contribution in [1.29, 1.82) is 0 Å². The summed E-state index contributed by atoms with van der Waals surface area (Å²) in [6, 6.07) is 16.2. The minimum Gasteiger partial charge on any atom is -0.462 e. The van der Waals surface area contributed by atoms with Crippen LogP contribution in [-0.2, 0) is 4.74 Å². The van der Waals surface area contributed by atoms with E-state index < -0.39 is 0 Å². The lowest BCUT2D eigenvalue weighted by molar-refractivity contribution is 0.0526. The zero-order chi connectivity index (χ0) is 15.4. The molecule has 0 saturated heterocycles. The molecule has 112 valence electrons. The van der Waals surface area contributed by atoms with Crippen LogP contribution >= 0.6 is 0 Å². The normalized spacial score (nSPS) is 16.3. The summed E-state index contributed by atoms with van der Waals surface area (Å²) < 4.78 is 4.99. The second-order valence-electron chi connectivity index (χ2n) is 5.13. The molecule has 1 aliphatic rings. The summed E-state index contributed by atoms with van der Waals surface area (Å²) in [5.41, 5.74) is 4.01. The minimum atomic E-state index is -0.281. The van der Waals surface area contributed by atoms with Crippen LogP contribution in [0.1, 0.15) is 28.9 Å². The third-order valence-electron chi connectivity index (χ3n) is 3.70. The molecule has 0 fully saturated rings. The first-order valence-electron chi connectivity index (χ1n) is 7.40. The van der Waals surface area contributed by atoms with Gasteiger partial charge in [-0.2, -0.15) is 0 Å². The van der Waals surface area contributed by atoms with E-state index in [2.05, 4.69) is 34.6 Å². The first-order valence-corrected chi connectivity index (χ1v) is 7.40. The molecule has 22 heavy (non-hydrogen) atoms. The molecular formula is C18H18N2O2. The van der Waals surface area contributed by atoms with Gasteiger partial charge in [0, 0.05) is 0 Å². The van der Waals surface area contributed by atoms with Gasteiger partial charge in [-0.3, -0.25) is 4.99 Å². The van der Waals surface area contributed by atoms with Crippen LogP contribution in [0.15, 0.2) is 53.5 Å². The highest BCUT2D eigenvalue weighted by Crippen LogP contribution is 2.23. The second kappa shape index (κ2) is 6.43. The molecule has 2 aromatic carbocycles. The van der Waals surface area contributed by atoms with Crippen LogP contribution in [0.25, 0.3) is 11.1 Å². The van der Waals surface area contributed by atoms with Gasteiger partial charge in [0.1, 0.15) is 0 Å². The number of hydrogen-bond acceptors (Lipinski definition) is 4. The summed E-state index contributed by atoms with van der Waals surface area (Å²) >= 11 is 0. The van der Waals surface area contributed by atoms with Crippen molar-refractivity contribution in [3.8, 4) is 11.1 Å². The number of carbonyl (C=O) groups is 1. The average Bonchev–Trinajstić information content (AvgIpc) is 3.10. The maximum absolute atomic E-state index is 11.6. The molecule has 1 unspecified atom stereocenters. The number of ether oxygens (including phenoxy) is 1. The Kier molecular flexibility index (Phi) is 4.19. The lowest BCUT2D eigenvalue weighted by Gasteiger charge is -2.11. The predicted octanol–water partition coefficient (Wildman–Crippen LogP) is 3.20. The molecule has 0 bridgehead atoms. The molecule has 0 radical (unpaired) electrons. The SMILES string of the molecule is CCOC(=O)c1ccc(-c2ccc(C3CN=CN3)cc2)cc1. The quantitative estimate of drug-likeness (QED) is 0.881. The van der Waals surface area contributed by atoms with Gasteiger partial charge in [-0.25, -0.2) is 4.79 Å². The van der Waals surface area contributed by atoms with Gasteiger partial charge in [0.05, 0.1) is 31.1 Å². The molecule has 0 saturated carbocycles. The maximum atomic E-state index is 11.6. The van der Waals surface area contributed by atoms with Gasteiger partial charge in [0.25, 0.3) is 0 Å². The van der Waals surface area contributed by atoms with Crippen molar-refractivity contribution in [3.63, 3.8) is 0 Å². The molecule has 1 aliphatic heterocycles. The highest BCUT2D eigenvalue weighted by atomic mass is 16.5. The summed E-state index contributed by atoms with van der Waals surface area (Å²) in [5.74, 6) is -0.281. The molecule has 0 spiro atoms. The second-order valence-corrected chi connectivity index (χ2v) is 5.13. The number of hydrogen-bond donors (Lipinski definition) is 1. The van der Waals surface area contributed by atoms with E-state index >= 15 is 0 Å². The van der Waals surface area contributed by atoms with Crippen molar-refractivity contribution in [3.05, 3.63) is 59.7 Å². The maximum Gasteiger partial charge on any atom is 0.338 e. The van der Waals surface area contributed by atoms with E-state index in [1.54, 1.807) is 25.4 Å². The summed E-state index contributed by atoms with van der Waals surface area (Å²) in [5, 5.41) is 3.22. The Balaban J connectivity index is 1.75. The number of rotatable bonds is 4. The molecule has 0 amide bonds. The van der Waals surface area contributed by atoms with E-state index in [9.17, 15) is 4.79 Å². The van der Waals surface area contributed by atoms with Crippen LogP contribution in [0.3, 0.4) is 0 Å². The van der Waals surface area contributed by atoms with Crippen molar-refractivity contribution in [2.24, 2.45) is 4.99 Å². The Bertz CT molecular complexity index is 667. The lowest BCUT2D eigenvalue weighted by Crippen LogP contribution is -2.15. The van der Waals surface area contributed by atoms with Gasteiger partial charge in [-0.05, 0) is 35.7 Å². The Morgan fingerprint density at radius 3 is 2.32 bits per heavy atom. The first kappa shape index (κ1) is 14.3. The zero-order valence-electron chi connectivity index (χ0n) is 12.5. The number of carbonyl (C=O) groups excluding carboxylic acids is 1. The third kappa shape index (κ3) is 3.01. The topological polar surface area (TPSA) is 50.7 Å². The van der Waals surface area contributed by atoms with Gasteiger partial charge in [0.15, 0.2) is 0 Å². The van der Waals surface area contributed by atoms with Crippen molar-refractivity contribution < 1.29 is 9.53 Å². The molecule has 0 aromatic heterocycles. The van der Waals surface area contributed by atoms with E-state index in [4.69, 9.17) is 4.74 Å². The fourth-order valence-corrected chi connectivity index (χ4v) is 2.48. The van der Waals surface area contributed by atoms with Crippen LogP contribution < -0.4 is 5.32 Å². The van der Waals surface area contributed by atoms with Crippen molar-refractivity contribution >= 4 is 12.3 Å². The van der Waals surface area contributed by atoms with Gasteiger partial charge < -0.3 is 10.1 Å². The zero-order valence-corrected chi connectivity index (χ0v) is 12.5. The summed E-state index contributed by atoms with van der Waals surface area (Å²) in [7, 11) is 0. The predicted molar refractivity (Wildman–Crippen MR) is 87.1 cm³/mol. The smallest absolute Gasteiger partial charge is 0.338 e. The fourth-order valence-electron chi connectivity index (χ4n) is 2.48. The van der Waals surface area contributed by atoms with Crippen molar-refractivity contribution in [2.75, 3.05) is 13.2 Å². The lowest BCUT2D eigenvalue weighted by atomic mass is 10.00. The molecule has 3 rings (SSSR count). The number of nitrogens with zero attached hydrogens (tertiary/aromatic N) is 1. The molecule has 0 aliphatic carbocycles. The Hall–Kier alpha value is -2.62. The molecule has 1 atom stereocenters. The summed E-state index contributed by atoms with van der Waals surface area (Å²) in [6.45, 7) is 2.98. The Morgan fingerprint density at radius 2 is 1.77 bits per heavy atom. The minimum absolute atomic E-state index is 0.278. The number of nitrogens with one attached hydrogen (secondary N) is 1. The van der Waals surface area contributed by atoms with Crippen molar-refractivity contribution in [2.45, 2.75) is 13.0 Å². The molecular weight excluding hydrogens is 276 g/mol. The summed E-state index contributed by atoms with van der Waals surface area (Å²) in [6.07, 6.45) is 1.76.